The molecule has 0 nitrogen and oxygen atoms in total. The minimum Gasteiger partial charge on any atom is -1.00 e. The van der Waals surface area contributed by atoms with E-state index >= 15 is 0 Å². The first-order valence-electron chi connectivity index (χ1n) is 6.48. The molecule has 3 aromatic carbocycles. The van der Waals surface area contributed by atoms with Crippen molar-refractivity contribution in [3.63, 3.8) is 0 Å². The molecule has 0 aliphatic carbocycles. The summed E-state index contributed by atoms with van der Waals surface area (Å²) in [4.78, 5) is 0. The predicted octanol–water partition coefficient (Wildman–Crippen LogP) is 1.33. The van der Waals surface area contributed by atoms with Crippen molar-refractivity contribution < 1.29 is 24.0 Å². The van der Waals surface area contributed by atoms with Crippen LogP contribution in [0.1, 0.15) is 16.7 Å². The van der Waals surface area contributed by atoms with Crippen molar-refractivity contribution in [3.05, 3.63) is 114 Å². The third-order valence-electron chi connectivity index (χ3n) is 3.19. The van der Waals surface area contributed by atoms with Crippen LogP contribution in [-0.2, 0) is 0 Å². The van der Waals surface area contributed by atoms with Crippen LogP contribution in [0.5, 0.6) is 0 Å². The topological polar surface area (TPSA) is 0 Å². The summed E-state index contributed by atoms with van der Waals surface area (Å²) in [7, 11) is 0. The van der Waals surface area contributed by atoms with Crippen LogP contribution in [0.2, 0.25) is 0 Å². The van der Waals surface area contributed by atoms with Crippen LogP contribution in [0.4, 0.5) is 0 Å². The zero-order valence-corrected chi connectivity index (χ0v) is 16.1. The van der Waals surface area contributed by atoms with Gasteiger partial charge in [-0.15, -0.1) is 0 Å². The van der Waals surface area contributed by atoms with Crippen LogP contribution in [0.3, 0.4) is 0 Å². The van der Waals surface area contributed by atoms with Crippen LogP contribution >= 0.6 is 0 Å². The van der Waals surface area contributed by atoms with E-state index in [9.17, 15) is 0 Å². The molecule has 0 saturated carbocycles. The Labute approximate surface area is 173 Å². The Balaban J connectivity index is 0.00000110. The summed E-state index contributed by atoms with van der Waals surface area (Å²) in [6.07, 6.45) is 0. The van der Waals surface area contributed by atoms with Crippen LogP contribution in [0.25, 0.3) is 0 Å². The van der Waals surface area contributed by atoms with Gasteiger partial charge in [-0.3, -0.25) is 0 Å². The second-order valence-electron chi connectivity index (χ2n) is 4.47. The van der Waals surface area contributed by atoms with Gasteiger partial charge in [0.15, 0.2) is 0 Å². The van der Waals surface area contributed by atoms with E-state index in [-0.39, 0.29) is 61.7 Å². The Hall–Kier alpha value is -0.480. The monoisotopic (exact) mass is 410 g/mol. The average Bonchev–Trinajstić information content (AvgIpc) is 2.51. The van der Waals surface area contributed by atoms with Crippen molar-refractivity contribution in [1.29, 1.82) is 0 Å². The molecule has 21 heavy (non-hydrogen) atoms. The molecule has 0 unspecified atom stereocenters. The quantitative estimate of drug-likeness (QED) is 0.265. The van der Waals surface area contributed by atoms with Gasteiger partial charge in [-0.25, -0.2) is 0 Å². The second-order valence-corrected chi connectivity index (χ2v) is 4.47. The molecule has 0 fully saturated rings. The molecule has 100 valence electrons. The zero-order chi connectivity index (χ0) is 12.9. The van der Waals surface area contributed by atoms with Gasteiger partial charge in [0.1, 0.15) is 0 Å². The van der Waals surface area contributed by atoms with E-state index in [2.05, 4.69) is 91.0 Å². The Morgan fingerprint density at radius 3 is 0.905 bits per heavy atom. The van der Waals surface area contributed by atoms with Gasteiger partial charge in [0, 0.05) is 0 Å². The van der Waals surface area contributed by atoms with Gasteiger partial charge in [0.25, 0.3) is 0 Å². The molecular weight excluding hydrogens is 395 g/mol. The largest absolute Gasteiger partial charge is 2.00 e. The van der Waals surface area contributed by atoms with Crippen LogP contribution in [0, 0.1) is 5.92 Å². The van der Waals surface area contributed by atoms with Crippen LogP contribution in [-0.4, -0.2) is 37.7 Å². The fraction of sp³-hybridized carbons (Fsp3) is 0. The zero-order valence-electron chi connectivity index (χ0n) is 11.7. The molecule has 2 heteroatoms. The minimum atomic E-state index is 0. The fourth-order valence-corrected chi connectivity index (χ4v) is 2.31. The smallest absolute Gasteiger partial charge is 1.00 e. The van der Waals surface area contributed by atoms with Crippen molar-refractivity contribution in [1.82, 2.24) is 0 Å². The normalized spacial score (nSPS) is 9.14. The van der Waals surface area contributed by atoms with Crippen molar-refractivity contribution in [2.24, 2.45) is 0 Å². The van der Waals surface area contributed by atoms with Crippen LogP contribution in [0.15, 0.2) is 91.0 Å². The second kappa shape index (κ2) is 9.52. The summed E-state index contributed by atoms with van der Waals surface area (Å²) in [6, 6.07) is 31.6. The van der Waals surface area contributed by atoms with Gasteiger partial charge in [-0.1, -0.05) is 114 Å². The molecule has 0 saturated heterocycles. The molecule has 0 radical (unpaired) electrons. The van der Waals surface area contributed by atoms with Crippen molar-refractivity contribution in [2.45, 2.75) is 0 Å². The molecule has 0 bridgehead atoms. The Kier molecular flexibility index (Phi) is 8.42. The summed E-state index contributed by atoms with van der Waals surface area (Å²) in [5.41, 5.74) is 3.75. The summed E-state index contributed by atoms with van der Waals surface area (Å²) in [6.45, 7) is 0. The SMILES string of the molecule is [Ca+2].[I-].c1ccc([C-](c2ccccc2)c2ccccc2)cc1. The number of hydrogen-bond acceptors (Lipinski definition) is 0. The van der Waals surface area contributed by atoms with E-state index in [1.807, 2.05) is 0 Å². The molecule has 3 rings (SSSR count). The predicted molar refractivity (Wildman–Crippen MR) is 85.6 cm³/mol. The number of hydrogen-bond donors (Lipinski definition) is 0. The molecule has 3 aromatic rings. The van der Waals surface area contributed by atoms with Gasteiger partial charge in [0.2, 0.25) is 0 Å². The van der Waals surface area contributed by atoms with Crippen molar-refractivity contribution in [2.75, 3.05) is 0 Å². The summed E-state index contributed by atoms with van der Waals surface area (Å²) in [5.74, 6) is 1.28. The maximum absolute atomic E-state index is 2.16. The number of benzene rings is 3. The van der Waals surface area contributed by atoms with Crippen molar-refractivity contribution >= 4 is 37.7 Å². The number of rotatable bonds is 3. The molecule has 0 spiro atoms. The molecule has 0 aliphatic rings. The van der Waals surface area contributed by atoms with Gasteiger partial charge < -0.3 is 24.0 Å². The van der Waals surface area contributed by atoms with E-state index in [0.29, 0.717) is 0 Å². The molecular formula is C19H15CaI. The van der Waals surface area contributed by atoms with Gasteiger partial charge in [-0.2, -0.15) is 0 Å². The third-order valence-corrected chi connectivity index (χ3v) is 3.19. The van der Waals surface area contributed by atoms with Crippen LogP contribution < -0.4 is 24.0 Å². The Morgan fingerprint density at radius 1 is 0.429 bits per heavy atom. The Morgan fingerprint density at radius 2 is 0.667 bits per heavy atom. The standard InChI is InChI=1S/C19H15.Ca.HI/c1-4-10-16(11-5-1)19(17-12-6-2-7-13-17)18-14-8-3-9-15-18;;/h1-15H;;1H/q-1;+2;/p-1. The fourth-order valence-electron chi connectivity index (χ4n) is 2.31. The first kappa shape index (κ1) is 18.6. The minimum absolute atomic E-state index is 0. The van der Waals surface area contributed by atoms with E-state index < -0.39 is 0 Å². The summed E-state index contributed by atoms with van der Waals surface area (Å²) < 4.78 is 0. The molecule has 0 amide bonds. The first-order valence-corrected chi connectivity index (χ1v) is 6.48. The maximum Gasteiger partial charge on any atom is 2.00 e. The van der Waals surface area contributed by atoms with E-state index in [1.165, 1.54) is 22.6 Å². The molecule has 0 aliphatic heterocycles. The molecule has 0 atom stereocenters. The molecule has 0 heterocycles. The molecule has 0 aromatic heterocycles. The average molecular weight is 410 g/mol. The third kappa shape index (κ3) is 4.75. The molecule has 0 N–H and O–H groups in total. The van der Waals surface area contributed by atoms with Crippen molar-refractivity contribution in [3.8, 4) is 0 Å². The Bertz CT molecular complexity index is 530. The summed E-state index contributed by atoms with van der Waals surface area (Å²) >= 11 is 0. The first-order chi connectivity index (χ1) is 9.45. The maximum atomic E-state index is 2.16. The van der Waals surface area contributed by atoms with E-state index in [0.717, 1.165) is 0 Å². The number of halogens is 1. The van der Waals surface area contributed by atoms with Gasteiger partial charge >= 0.3 is 37.7 Å². The van der Waals surface area contributed by atoms with E-state index in [4.69, 9.17) is 0 Å². The van der Waals surface area contributed by atoms with Gasteiger partial charge in [0.05, 0.1) is 0 Å². The van der Waals surface area contributed by atoms with E-state index in [1.54, 1.807) is 0 Å². The van der Waals surface area contributed by atoms with Gasteiger partial charge in [-0.05, 0) is 0 Å². The summed E-state index contributed by atoms with van der Waals surface area (Å²) in [5, 5.41) is 0.